The van der Waals surface area contributed by atoms with E-state index in [0.717, 1.165) is 24.9 Å². The SMILES string of the molecule is O=C(NC1CCCN(c2nc3ccc(Cl)cc3o2)C1)c1cnccn1. The molecule has 1 amide bonds. The number of aromatic nitrogens is 3. The van der Waals surface area contributed by atoms with Gasteiger partial charge in [-0.3, -0.25) is 9.78 Å². The summed E-state index contributed by atoms with van der Waals surface area (Å²) in [6.45, 7) is 1.46. The number of benzene rings is 1. The predicted octanol–water partition coefficient (Wildman–Crippen LogP) is 2.67. The highest BCUT2D eigenvalue weighted by Gasteiger charge is 2.25. The first-order chi connectivity index (χ1) is 12.2. The Labute approximate surface area is 149 Å². The Morgan fingerprint density at radius 3 is 3.12 bits per heavy atom. The van der Waals surface area contributed by atoms with E-state index in [1.165, 1.54) is 12.4 Å². The van der Waals surface area contributed by atoms with Crippen LogP contribution in [0.3, 0.4) is 0 Å². The van der Waals surface area contributed by atoms with Crippen LogP contribution in [0.1, 0.15) is 23.3 Å². The van der Waals surface area contributed by atoms with E-state index in [-0.39, 0.29) is 11.9 Å². The van der Waals surface area contributed by atoms with Gasteiger partial charge >= 0.3 is 0 Å². The average Bonchev–Trinajstić information content (AvgIpc) is 3.06. The van der Waals surface area contributed by atoms with Gasteiger partial charge in [0.1, 0.15) is 11.2 Å². The van der Waals surface area contributed by atoms with Crippen LogP contribution in [-0.4, -0.2) is 40.0 Å². The lowest BCUT2D eigenvalue weighted by molar-refractivity contribution is 0.0927. The first kappa shape index (κ1) is 15.8. The molecule has 4 rings (SSSR count). The summed E-state index contributed by atoms with van der Waals surface area (Å²) >= 11 is 5.99. The number of anilines is 1. The molecule has 3 aromatic rings. The fraction of sp³-hybridized carbons (Fsp3) is 0.294. The number of oxazole rings is 1. The van der Waals surface area contributed by atoms with E-state index < -0.39 is 0 Å². The first-order valence-corrected chi connectivity index (χ1v) is 8.45. The Kier molecular flexibility index (Phi) is 4.23. The van der Waals surface area contributed by atoms with E-state index in [4.69, 9.17) is 16.0 Å². The van der Waals surface area contributed by atoms with Crippen molar-refractivity contribution in [3.63, 3.8) is 0 Å². The topological polar surface area (TPSA) is 84.2 Å². The van der Waals surface area contributed by atoms with Crippen molar-refractivity contribution >= 4 is 34.6 Å². The fourth-order valence-electron chi connectivity index (χ4n) is 2.97. The van der Waals surface area contributed by atoms with Crippen molar-refractivity contribution in [1.82, 2.24) is 20.3 Å². The summed E-state index contributed by atoms with van der Waals surface area (Å²) in [5.74, 6) is -0.218. The molecule has 128 valence electrons. The normalized spacial score (nSPS) is 17.6. The van der Waals surface area contributed by atoms with Crippen molar-refractivity contribution in [2.24, 2.45) is 0 Å². The number of amides is 1. The zero-order valence-electron chi connectivity index (χ0n) is 13.4. The van der Waals surface area contributed by atoms with Crippen molar-refractivity contribution in [3.8, 4) is 0 Å². The Morgan fingerprint density at radius 1 is 1.36 bits per heavy atom. The van der Waals surface area contributed by atoms with E-state index in [1.54, 1.807) is 18.3 Å². The second-order valence-corrected chi connectivity index (χ2v) is 6.39. The average molecular weight is 358 g/mol. The van der Waals surface area contributed by atoms with E-state index in [1.807, 2.05) is 11.0 Å². The number of piperidine rings is 1. The standard InChI is InChI=1S/C17H16ClN5O2/c18-11-3-4-13-15(8-11)25-17(22-13)23-7-1-2-12(10-23)21-16(24)14-9-19-5-6-20-14/h3-6,8-9,12H,1-2,7,10H2,(H,21,24). The zero-order valence-corrected chi connectivity index (χ0v) is 14.1. The van der Waals surface area contributed by atoms with E-state index in [2.05, 4.69) is 20.3 Å². The van der Waals surface area contributed by atoms with Crippen molar-refractivity contribution in [1.29, 1.82) is 0 Å². The molecule has 7 nitrogen and oxygen atoms in total. The molecular weight excluding hydrogens is 342 g/mol. The summed E-state index contributed by atoms with van der Waals surface area (Å²) in [5.41, 5.74) is 1.74. The van der Waals surface area contributed by atoms with E-state index >= 15 is 0 Å². The van der Waals surface area contributed by atoms with Gasteiger partial charge in [-0.15, -0.1) is 0 Å². The second-order valence-electron chi connectivity index (χ2n) is 5.96. The molecule has 0 bridgehead atoms. The molecule has 0 saturated carbocycles. The van der Waals surface area contributed by atoms with Crippen LogP contribution in [0.25, 0.3) is 11.1 Å². The number of nitrogens with one attached hydrogen (secondary N) is 1. The summed E-state index contributed by atoms with van der Waals surface area (Å²) in [4.78, 5) is 26.8. The van der Waals surface area contributed by atoms with Crippen molar-refractivity contribution in [2.75, 3.05) is 18.0 Å². The number of carbonyl (C=O) groups excluding carboxylic acids is 1. The molecule has 1 N–H and O–H groups in total. The quantitative estimate of drug-likeness (QED) is 0.775. The maximum Gasteiger partial charge on any atom is 0.298 e. The number of carbonyl (C=O) groups is 1. The molecule has 0 radical (unpaired) electrons. The number of nitrogens with zero attached hydrogens (tertiary/aromatic N) is 4. The first-order valence-electron chi connectivity index (χ1n) is 8.07. The third-order valence-electron chi connectivity index (χ3n) is 4.16. The van der Waals surface area contributed by atoms with E-state index in [0.29, 0.717) is 28.9 Å². The lowest BCUT2D eigenvalue weighted by atomic mass is 10.1. The molecule has 0 aliphatic carbocycles. The molecule has 8 heteroatoms. The molecule has 1 aliphatic rings. The molecule has 1 unspecified atom stereocenters. The molecule has 1 aliphatic heterocycles. The zero-order chi connectivity index (χ0) is 17.2. The largest absolute Gasteiger partial charge is 0.423 e. The maximum atomic E-state index is 12.2. The van der Waals surface area contributed by atoms with Gasteiger partial charge in [-0.05, 0) is 25.0 Å². The van der Waals surface area contributed by atoms with E-state index in [9.17, 15) is 4.79 Å². The van der Waals surface area contributed by atoms with Gasteiger partial charge in [0.15, 0.2) is 5.58 Å². The van der Waals surface area contributed by atoms with Crippen molar-refractivity contribution in [3.05, 3.63) is 47.5 Å². The molecular formula is C17H16ClN5O2. The van der Waals surface area contributed by atoms with Gasteiger partial charge in [0.25, 0.3) is 11.9 Å². The molecule has 0 spiro atoms. The smallest absolute Gasteiger partial charge is 0.298 e. The van der Waals surface area contributed by atoms with Gasteiger partial charge < -0.3 is 14.6 Å². The number of hydrogen-bond acceptors (Lipinski definition) is 6. The minimum absolute atomic E-state index is 0.00172. The Balaban J connectivity index is 1.47. The van der Waals surface area contributed by atoms with Gasteiger partial charge in [-0.1, -0.05) is 11.6 Å². The van der Waals surface area contributed by atoms with Gasteiger partial charge in [-0.25, -0.2) is 4.98 Å². The minimum atomic E-state index is -0.218. The van der Waals surface area contributed by atoms with Crippen molar-refractivity contribution < 1.29 is 9.21 Å². The molecule has 1 fully saturated rings. The monoisotopic (exact) mass is 357 g/mol. The number of hydrogen-bond donors (Lipinski definition) is 1. The van der Waals surface area contributed by atoms with Crippen LogP contribution < -0.4 is 10.2 Å². The Morgan fingerprint density at radius 2 is 2.28 bits per heavy atom. The third-order valence-corrected chi connectivity index (χ3v) is 4.40. The van der Waals surface area contributed by atoms with Crippen LogP contribution in [0.15, 0.2) is 41.2 Å². The van der Waals surface area contributed by atoms with Gasteiger partial charge in [0, 0.05) is 42.6 Å². The Hall–Kier alpha value is -2.67. The van der Waals surface area contributed by atoms with Crippen LogP contribution in [0.5, 0.6) is 0 Å². The molecule has 1 saturated heterocycles. The van der Waals surface area contributed by atoms with Gasteiger partial charge in [0.05, 0.1) is 6.20 Å². The Bertz CT molecular complexity index is 898. The molecule has 1 atom stereocenters. The summed E-state index contributed by atoms with van der Waals surface area (Å²) in [5, 5.41) is 3.62. The van der Waals surface area contributed by atoms with Crippen LogP contribution in [0, 0.1) is 0 Å². The molecule has 2 aromatic heterocycles. The summed E-state index contributed by atoms with van der Waals surface area (Å²) in [6, 6.07) is 5.93. The van der Waals surface area contributed by atoms with Gasteiger partial charge in [-0.2, -0.15) is 4.98 Å². The van der Waals surface area contributed by atoms with Crippen LogP contribution in [0.4, 0.5) is 6.01 Å². The highest BCUT2D eigenvalue weighted by Crippen LogP contribution is 2.26. The minimum Gasteiger partial charge on any atom is -0.423 e. The van der Waals surface area contributed by atoms with Crippen LogP contribution in [0.2, 0.25) is 5.02 Å². The number of fused-ring (bicyclic) bond motifs is 1. The molecule has 1 aromatic carbocycles. The predicted molar refractivity (Wildman–Crippen MR) is 93.8 cm³/mol. The summed E-state index contributed by atoms with van der Waals surface area (Å²) < 4.78 is 5.82. The highest BCUT2D eigenvalue weighted by atomic mass is 35.5. The molecule has 3 heterocycles. The maximum absolute atomic E-state index is 12.2. The highest BCUT2D eigenvalue weighted by molar-refractivity contribution is 6.31. The summed E-state index contributed by atoms with van der Waals surface area (Å²) in [7, 11) is 0. The lowest BCUT2D eigenvalue weighted by Crippen LogP contribution is -2.48. The van der Waals surface area contributed by atoms with Gasteiger partial charge in [0.2, 0.25) is 0 Å². The number of rotatable bonds is 3. The lowest BCUT2D eigenvalue weighted by Gasteiger charge is -2.31. The number of halogens is 1. The van der Waals surface area contributed by atoms with Crippen molar-refractivity contribution in [2.45, 2.75) is 18.9 Å². The third kappa shape index (κ3) is 3.41. The van der Waals surface area contributed by atoms with Crippen LogP contribution >= 0.6 is 11.6 Å². The fourth-order valence-corrected chi connectivity index (χ4v) is 3.13. The second kappa shape index (κ2) is 6.68. The molecule has 25 heavy (non-hydrogen) atoms. The summed E-state index contributed by atoms with van der Waals surface area (Å²) in [6.07, 6.45) is 6.34. The van der Waals surface area contributed by atoms with Crippen LogP contribution in [-0.2, 0) is 0 Å².